The normalized spacial score (nSPS) is 29.2. The standard InChI is InChI=1S/C16H29N3/c1-5-19-12-14(11-18-19)16(17)9-6-7-13(8-10-16)15(2,3)4/h11-13H,5-10,17H2,1-4H3. The summed E-state index contributed by atoms with van der Waals surface area (Å²) in [6, 6.07) is 0. The molecule has 3 nitrogen and oxygen atoms in total. The number of nitrogens with zero attached hydrogens (tertiary/aromatic N) is 2. The zero-order chi connectivity index (χ0) is 14.1. The Morgan fingerprint density at radius 2 is 2.11 bits per heavy atom. The molecule has 1 aliphatic rings. The molecule has 2 rings (SSSR count). The first-order valence-corrected chi connectivity index (χ1v) is 7.67. The minimum absolute atomic E-state index is 0.159. The predicted octanol–water partition coefficient (Wildman–Crippen LogP) is 3.68. The van der Waals surface area contributed by atoms with Crippen LogP contribution in [0, 0.1) is 11.3 Å². The molecule has 1 aromatic heterocycles. The predicted molar refractivity (Wildman–Crippen MR) is 79.8 cm³/mol. The Morgan fingerprint density at radius 3 is 2.68 bits per heavy atom. The van der Waals surface area contributed by atoms with E-state index in [9.17, 15) is 0 Å². The topological polar surface area (TPSA) is 43.8 Å². The second kappa shape index (κ2) is 5.28. The van der Waals surface area contributed by atoms with Crippen molar-refractivity contribution < 1.29 is 0 Å². The number of hydrogen-bond acceptors (Lipinski definition) is 2. The molecule has 1 fully saturated rings. The van der Waals surface area contributed by atoms with Crippen molar-refractivity contribution in [1.29, 1.82) is 0 Å². The smallest absolute Gasteiger partial charge is 0.0540 e. The molecule has 0 bridgehead atoms. The van der Waals surface area contributed by atoms with Crippen LogP contribution in [0.25, 0.3) is 0 Å². The molecule has 19 heavy (non-hydrogen) atoms. The Bertz CT molecular complexity index is 416. The first-order valence-electron chi connectivity index (χ1n) is 7.67. The van der Waals surface area contributed by atoms with E-state index in [1.54, 1.807) is 0 Å². The number of aromatic nitrogens is 2. The highest BCUT2D eigenvalue weighted by Crippen LogP contribution is 2.42. The summed E-state index contributed by atoms with van der Waals surface area (Å²) in [5.74, 6) is 0.791. The Kier molecular flexibility index (Phi) is 4.05. The summed E-state index contributed by atoms with van der Waals surface area (Å²) in [6.45, 7) is 10.1. The highest BCUT2D eigenvalue weighted by molar-refractivity contribution is 5.18. The fourth-order valence-electron chi connectivity index (χ4n) is 3.31. The Labute approximate surface area is 117 Å². The minimum atomic E-state index is -0.159. The van der Waals surface area contributed by atoms with Gasteiger partial charge >= 0.3 is 0 Å². The van der Waals surface area contributed by atoms with E-state index in [2.05, 4.69) is 39.0 Å². The summed E-state index contributed by atoms with van der Waals surface area (Å²) in [6.07, 6.45) is 10.1. The van der Waals surface area contributed by atoms with Crippen molar-refractivity contribution in [3.8, 4) is 0 Å². The van der Waals surface area contributed by atoms with Crippen molar-refractivity contribution in [2.45, 2.75) is 71.9 Å². The van der Waals surface area contributed by atoms with Crippen molar-refractivity contribution in [3.05, 3.63) is 18.0 Å². The molecule has 108 valence electrons. The third-order valence-corrected chi connectivity index (χ3v) is 4.87. The molecule has 0 aromatic carbocycles. The first-order chi connectivity index (χ1) is 8.85. The van der Waals surface area contributed by atoms with Gasteiger partial charge in [-0.1, -0.05) is 27.2 Å². The molecular formula is C16H29N3. The molecule has 2 N–H and O–H groups in total. The summed E-state index contributed by atoms with van der Waals surface area (Å²) in [5.41, 5.74) is 8.17. The van der Waals surface area contributed by atoms with Crippen LogP contribution < -0.4 is 5.73 Å². The number of aryl methyl sites for hydroxylation is 1. The lowest BCUT2D eigenvalue weighted by Gasteiger charge is -2.31. The molecule has 0 spiro atoms. The fourth-order valence-corrected chi connectivity index (χ4v) is 3.31. The first kappa shape index (κ1) is 14.6. The van der Waals surface area contributed by atoms with Crippen LogP contribution in [-0.2, 0) is 12.1 Å². The Hall–Kier alpha value is -0.830. The summed E-state index contributed by atoms with van der Waals surface area (Å²) >= 11 is 0. The van der Waals surface area contributed by atoms with Crippen LogP contribution in [0.5, 0.6) is 0 Å². The molecule has 1 saturated carbocycles. The van der Waals surface area contributed by atoms with Crippen LogP contribution in [0.4, 0.5) is 0 Å². The summed E-state index contributed by atoms with van der Waals surface area (Å²) in [5, 5.41) is 4.39. The highest BCUT2D eigenvalue weighted by atomic mass is 15.3. The van der Waals surface area contributed by atoms with Crippen molar-refractivity contribution >= 4 is 0 Å². The van der Waals surface area contributed by atoms with Crippen molar-refractivity contribution in [3.63, 3.8) is 0 Å². The molecule has 1 heterocycles. The fraction of sp³-hybridized carbons (Fsp3) is 0.812. The van der Waals surface area contributed by atoms with Crippen LogP contribution in [0.2, 0.25) is 0 Å². The Morgan fingerprint density at radius 1 is 1.37 bits per heavy atom. The van der Waals surface area contributed by atoms with E-state index >= 15 is 0 Å². The van der Waals surface area contributed by atoms with Gasteiger partial charge in [0.2, 0.25) is 0 Å². The van der Waals surface area contributed by atoms with Crippen LogP contribution >= 0.6 is 0 Å². The van der Waals surface area contributed by atoms with Gasteiger partial charge in [-0.25, -0.2) is 0 Å². The van der Waals surface area contributed by atoms with E-state index in [0.717, 1.165) is 25.3 Å². The SMILES string of the molecule is CCn1cc(C2(N)CCCC(C(C)(C)C)CC2)cn1. The number of rotatable bonds is 2. The van der Waals surface area contributed by atoms with Crippen LogP contribution in [0.1, 0.15) is 65.4 Å². The van der Waals surface area contributed by atoms with Gasteiger partial charge < -0.3 is 5.73 Å². The molecule has 0 radical (unpaired) electrons. The van der Waals surface area contributed by atoms with Crippen molar-refractivity contribution in [1.82, 2.24) is 9.78 Å². The molecule has 2 unspecified atom stereocenters. The molecule has 1 aromatic rings. The number of nitrogens with two attached hydrogens (primary N) is 1. The summed E-state index contributed by atoms with van der Waals surface area (Å²) < 4.78 is 1.98. The largest absolute Gasteiger partial charge is 0.321 e. The zero-order valence-electron chi connectivity index (χ0n) is 12.9. The second-order valence-corrected chi connectivity index (χ2v) is 7.23. The van der Waals surface area contributed by atoms with Gasteiger partial charge in [0.1, 0.15) is 0 Å². The van der Waals surface area contributed by atoms with E-state index in [4.69, 9.17) is 5.73 Å². The quantitative estimate of drug-likeness (QED) is 0.827. The van der Waals surface area contributed by atoms with Gasteiger partial charge in [0.25, 0.3) is 0 Å². The Balaban J connectivity index is 2.12. The molecular weight excluding hydrogens is 234 g/mol. The molecule has 0 aliphatic heterocycles. The van der Waals surface area contributed by atoms with Gasteiger partial charge in [-0.2, -0.15) is 5.10 Å². The van der Waals surface area contributed by atoms with E-state index in [-0.39, 0.29) is 5.54 Å². The average Bonchev–Trinajstić information content (AvgIpc) is 2.72. The summed E-state index contributed by atoms with van der Waals surface area (Å²) in [7, 11) is 0. The zero-order valence-corrected chi connectivity index (χ0v) is 12.9. The van der Waals surface area contributed by atoms with E-state index in [1.165, 1.54) is 24.8 Å². The molecule has 1 aliphatic carbocycles. The molecule has 3 heteroatoms. The van der Waals surface area contributed by atoms with Gasteiger partial charge in [-0.05, 0) is 43.9 Å². The highest BCUT2D eigenvalue weighted by Gasteiger charge is 2.35. The van der Waals surface area contributed by atoms with E-state index in [0.29, 0.717) is 5.41 Å². The van der Waals surface area contributed by atoms with Gasteiger partial charge in [0.05, 0.1) is 6.20 Å². The van der Waals surface area contributed by atoms with E-state index < -0.39 is 0 Å². The van der Waals surface area contributed by atoms with Crippen molar-refractivity contribution in [2.75, 3.05) is 0 Å². The van der Waals surface area contributed by atoms with Gasteiger partial charge in [0.15, 0.2) is 0 Å². The van der Waals surface area contributed by atoms with Crippen molar-refractivity contribution in [2.24, 2.45) is 17.1 Å². The second-order valence-electron chi connectivity index (χ2n) is 7.23. The third kappa shape index (κ3) is 3.19. The van der Waals surface area contributed by atoms with Gasteiger partial charge in [0, 0.05) is 23.8 Å². The lowest BCUT2D eigenvalue weighted by molar-refractivity contribution is 0.211. The molecule has 0 amide bonds. The average molecular weight is 263 g/mol. The lowest BCUT2D eigenvalue weighted by atomic mass is 9.76. The van der Waals surface area contributed by atoms with Crippen LogP contribution in [0.15, 0.2) is 12.4 Å². The molecule has 2 atom stereocenters. The lowest BCUT2D eigenvalue weighted by Crippen LogP contribution is -2.36. The third-order valence-electron chi connectivity index (χ3n) is 4.87. The van der Waals surface area contributed by atoms with Gasteiger partial charge in [-0.15, -0.1) is 0 Å². The van der Waals surface area contributed by atoms with E-state index in [1.807, 2.05) is 10.9 Å². The van der Waals surface area contributed by atoms with Crippen LogP contribution in [-0.4, -0.2) is 9.78 Å². The monoisotopic (exact) mass is 263 g/mol. The van der Waals surface area contributed by atoms with Gasteiger partial charge in [-0.3, -0.25) is 4.68 Å². The minimum Gasteiger partial charge on any atom is -0.321 e. The maximum atomic E-state index is 6.70. The maximum Gasteiger partial charge on any atom is 0.0540 e. The number of hydrogen-bond donors (Lipinski definition) is 1. The summed E-state index contributed by atoms with van der Waals surface area (Å²) in [4.78, 5) is 0. The van der Waals surface area contributed by atoms with Crippen LogP contribution in [0.3, 0.4) is 0 Å². The molecule has 0 saturated heterocycles. The maximum absolute atomic E-state index is 6.70.